The highest BCUT2D eigenvalue weighted by atomic mass is 19.1. The number of nitrogens with two attached hydrogens (primary N) is 1. The van der Waals surface area contributed by atoms with Crippen molar-refractivity contribution in [1.82, 2.24) is 5.32 Å². The number of nitriles is 3. The first-order valence-corrected chi connectivity index (χ1v) is 7.59. The van der Waals surface area contributed by atoms with Crippen molar-refractivity contribution in [3.63, 3.8) is 0 Å². The summed E-state index contributed by atoms with van der Waals surface area (Å²) in [5, 5.41) is 32.1. The molecule has 124 valence electrons. The summed E-state index contributed by atoms with van der Waals surface area (Å²) in [4.78, 5) is 0. The molecule has 1 aromatic carbocycles. The molecule has 0 radical (unpaired) electrons. The third kappa shape index (κ3) is 2.28. The van der Waals surface area contributed by atoms with Gasteiger partial charge in [-0.15, -0.1) is 0 Å². The number of fused-ring (bicyclic) bond motifs is 1. The summed E-state index contributed by atoms with van der Waals surface area (Å²) in [5.74, 6) is -3.07. The lowest BCUT2D eigenvalue weighted by atomic mass is 9.58. The molecule has 3 rings (SSSR count). The third-order valence-corrected chi connectivity index (χ3v) is 4.84. The van der Waals surface area contributed by atoms with Gasteiger partial charge in [0, 0.05) is 31.0 Å². The minimum absolute atomic E-state index is 0.0315. The second kappa shape index (κ2) is 6.02. The standard InChI is InChI=1S/C18H13F2N5/c19-10-1-2-12(15(20)5-10)16-14-7-25-4-3-11(14)13(6-21)17(24)18(16,8-22)9-23/h1-3,5,14,16,25H,4,7,24H2. The van der Waals surface area contributed by atoms with Gasteiger partial charge in [-0.3, -0.25) is 0 Å². The number of benzene rings is 1. The van der Waals surface area contributed by atoms with Gasteiger partial charge in [0.1, 0.15) is 17.7 Å². The molecule has 0 bridgehead atoms. The first-order chi connectivity index (χ1) is 12.0. The molecule has 2 atom stereocenters. The molecule has 3 N–H and O–H groups in total. The molecule has 0 saturated heterocycles. The third-order valence-electron chi connectivity index (χ3n) is 4.84. The fourth-order valence-electron chi connectivity index (χ4n) is 3.70. The lowest BCUT2D eigenvalue weighted by molar-refractivity contribution is 0.320. The normalized spacial score (nSPS) is 24.4. The van der Waals surface area contributed by atoms with Gasteiger partial charge in [-0.1, -0.05) is 12.1 Å². The van der Waals surface area contributed by atoms with E-state index >= 15 is 0 Å². The Balaban J connectivity index is 2.36. The molecule has 0 saturated carbocycles. The SMILES string of the molecule is N#CC1=C(N)C(C#N)(C#N)C(c2ccc(F)cc2F)C2CNCC=C12. The van der Waals surface area contributed by atoms with E-state index in [1.54, 1.807) is 6.08 Å². The predicted molar refractivity (Wildman–Crippen MR) is 84.0 cm³/mol. The average molecular weight is 337 g/mol. The van der Waals surface area contributed by atoms with Gasteiger partial charge in [-0.2, -0.15) is 15.8 Å². The number of rotatable bonds is 1. The van der Waals surface area contributed by atoms with E-state index in [1.807, 2.05) is 18.2 Å². The van der Waals surface area contributed by atoms with E-state index in [4.69, 9.17) is 5.73 Å². The quantitative estimate of drug-likeness (QED) is 0.814. The molecular weight excluding hydrogens is 324 g/mol. The van der Waals surface area contributed by atoms with E-state index in [9.17, 15) is 24.6 Å². The number of hydrogen-bond donors (Lipinski definition) is 2. The molecule has 5 nitrogen and oxygen atoms in total. The van der Waals surface area contributed by atoms with E-state index in [-0.39, 0.29) is 16.8 Å². The second-order valence-electron chi connectivity index (χ2n) is 6.00. The highest BCUT2D eigenvalue weighted by molar-refractivity contribution is 5.59. The van der Waals surface area contributed by atoms with Crippen molar-refractivity contribution in [2.45, 2.75) is 5.92 Å². The van der Waals surface area contributed by atoms with Crippen molar-refractivity contribution in [2.24, 2.45) is 17.1 Å². The van der Waals surface area contributed by atoms with Gasteiger partial charge in [-0.05, 0) is 17.2 Å². The van der Waals surface area contributed by atoms with Crippen molar-refractivity contribution in [3.05, 3.63) is 58.3 Å². The monoisotopic (exact) mass is 337 g/mol. The van der Waals surface area contributed by atoms with E-state index in [0.29, 0.717) is 24.7 Å². The Morgan fingerprint density at radius 3 is 2.52 bits per heavy atom. The molecule has 0 spiro atoms. The van der Waals surface area contributed by atoms with Gasteiger partial charge in [0.05, 0.1) is 23.4 Å². The first kappa shape index (κ1) is 16.6. The van der Waals surface area contributed by atoms with E-state index in [2.05, 4.69) is 5.32 Å². The number of allylic oxidation sites excluding steroid dienone is 2. The zero-order valence-corrected chi connectivity index (χ0v) is 13.1. The Morgan fingerprint density at radius 1 is 1.20 bits per heavy atom. The lowest BCUT2D eigenvalue weighted by Gasteiger charge is -2.43. The molecule has 2 unspecified atom stereocenters. The fourth-order valence-corrected chi connectivity index (χ4v) is 3.70. The maximum Gasteiger partial charge on any atom is 0.191 e. The van der Waals surface area contributed by atoms with Crippen molar-refractivity contribution in [3.8, 4) is 18.2 Å². The fraction of sp³-hybridized carbons (Fsp3) is 0.278. The van der Waals surface area contributed by atoms with Crippen molar-refractivity contribution in [1.29, 1.82) is 15.8 Å². The molecular formula is C18H13F2N5. The van der Waals surface area contributed by atoms with Crippen LogP contribution in [0.25, 0.3) is 0 Å². The molecule has 0 fully saturated rings. The zero-order valence-electron chi connectivity index (χ0n) is 13.1. The summed E-state index contributed by atoms with van der Waals surface area (Å²) in [5.41, 5.74) is 4.68. The van der Waals surface area contributed by atoms with Gasteiger partial charge in [-0.25, -0.2) is 8.78 Å². The van der Waals surface area contributed by atoms with Crippen molar-refractivity contribution >= 4 is 0 Å². The van der Waals surface area contributed by atoms with E-state index in [0.717, 1.165) is 6.07 Å². The molecule has 2 aliphatic rings. The zero-order chi connectivity index (χ0) is 18.2. The van der Waals surface area contributed by atoms with Gasteiger partial charge in [0.25, 0.3) is 0 Å². The summed E-state index contributed by atoms with van der Waals surface area (Å²) in [6, 6.07) is 8.79. The summed E-state index contributed by atoms with van der Waals surface area (Å²) < 4.78 is 27.8. The van der Waals surface area contributed by atoms with Crippen LogP contribution in [0.2, 0.25) is 0 Å². The Labute approximate surface area is 143 Å². The van der Waals surface area contributed by atoms with Crippen LogP contribution in [0.4, 0.5) is 8.78 Å². The van der Waals surface area contributed by atoms with Gasteiger partial charge in [0.2, 0.25) is 0 Å². The Morgan fingerprint density at radius 2 is 1.92 bits per heavy atom. The van der Waals surface area contributed by atoms with Crippen LogP contribution in [-0.4, -0.2) is 13.1 Å². The van der Waals surface area contributed by atoms with Crippen LogP contribution >= 0.6 is 0 Å². The summed E-state index contributed by atoms with van der Waals surface area (Å²) in [6.07, 6.45) is 1.76. The van der Waals surface area contributed by atoms with Crippen LogP contribution in [0.1, 0.15) is 11.5 Å². The smallest absolute Gasteiger partial charge is 0.191 e. The molecule has 1 aliphatic heterocycles. The number of hydrogen-bond acceptors (Lipinski definition) is 5. The lowest BCUT2D eigenvalue weighted by Crippen LogP contribution is -2.47. The van der Waals surface area contributed by atoms with Crippen LogP contribution < -0.4 is 11.1 Å². The van der Waals surface area contributed by atoms with Crippen LogP contribution in [0.5, 0.6) is 0 Å². The molecule has 1 aliphatic carbocycles. The van der Waals surface area contributed by atoms with Gasteiger partial charge in [0.15, 0.2) is 5.41 Å². The van der Waals surface area contributed by atoms with E-state index in [1.165, 1.54) is 6.07 Å². The van der Waals surface area contributed by atoms with E-state index < -0.39 is 28.9 Å². The Bertz CT molecular complexity index is 912. The summed E-state index contributed by atoms with van der Waals surface area (Å²) >= 11 is 0. The molecule has 1 aromatic rings. The average Bonchev–Trinajstić information content (AvgIpc) is 2.62. The Kier molecular flexibility index (Phi) is 4.00. The van der Waals surface area contributed by atoms with Gasteiger partial charge < -0.3 is 11.1 Å². The molecule has 0 aromatic heterocycles. The van der Waals surface area contributed by atoms with Crippen molar-refractivity contribution < 1.29 is 8.78 Å². The maximum atomic E-state index is 14.5. The van der Waals surface area contributed by atoms with Crippen LogP contribution in [0, 0.1) is 57.0 Å². The van der Waals surface area contributed by atoms with Crippen LogP contribution in [-0.2, 0) is 0 Å². The highest BCUT2D eigenvalue weighted by Crippen LogP contribution is 2.53. The van der Waals surface area contributed by atoms with Crippen molar-refractivity contribution in [2.75, 3.05) is 13.1 Å². The van der Waals surface area contributed by atoms with Gasteiger partial charge >= 0.3 is 0 Å². The second-order valence-corrected chi connectivity index (χ2v) is 6.00. The molecule has 25 heavy (non-hydrogen) atoms. The summed E-state index contributed by atoms with van der Waals surface area (Å²) in [7, 11) is 0. The highest BCUT2D eigenvalue weighted by Gasteiger charge is 2.54. The van der Waals surface area contributed by atoms with Crippen LogP contribution in [0.15, 0.2) is 41.1 Å². The molecule has 0 amide bonds. The topological polar surface area (TPSA) is 109 Å². The Hall–Kier alpha value is -3.21. The maximum absolute atomic E-state index is 14.5. The number of nitrogens with one attached hydrogen (secondary N) is 1. The number of nitrogens with zero attached hydrogens (tertiary/aromatic N) is 3. The minimum atomic E-state index is -1.91. The summed E-state index contributed by atoms with van der Waals surface area (Å²) in [6.45, 7) is 0.839. The molecule has 1 heterocycles. The predicted octanol–water partition coefficient (Wildman–Crippen LogP) is 1.98. The number of halogens is 2. The van der Waals surface area contributed by atoms with Crippen LogP contribution in [0.3, 0.4) is 0 Å². The molecule has 7 heteroatoms. The first-order valence-electron chi connectivity index (χ1n) is 7.59. The largest absolute Gasteiger partial charge is 0.399 e. The minimum Gasteiger partial charge on any atom is -0.399 e.